The highest BCUT2D eigenvalue weighted by Gasteiger charge is 2.50. The highest BCUT2D eigenvalue weighted by molar-refractivity contribution is 9.10. The summed E-state index contributed by atoms with van der Waals surface area (Å²) in [6.07, 6.45) is 0. The number of hydrogen-bond donors (Lipinski definition) is 1. The zero-order valence-corrected chi connectivity index (χ0v) is 23.6. The van der Waals surface area contributed by atoms with Gasteiger partial charge in [0.25, 0.3) is 8.32 Å². The molecule has 0 aliphatic rings. The number of esters is 1. The Morgan fingerprint density at radius 3 is 2.03 bits per heavy atom. The third kappa shape index (κ3) is 5.30. The smallest absolute Gasteiger partial charge is 0.348 e. The lowest BCUT2D eigenvalue weighted by atomic mass is 10.2. The summed E-state index contributed by atoms with van der Waals surface area (Å²) in [7, 11) is -1.30. The van der Waals surface area contributed by atoms with Gasteiger partial charge in [0.1, 0.15) is 14.9 Å². The second kappa shape index (κ2) is 10.6. The van der Waals surface area contributed by atoms with Crippen molar-refractivity contribution < 1.29 is 14.0 Å². The van der Waals surface area contributed by atoms with Gasteiger partial charge < -0.3 is 14.5 Å². The Bertz CT molecular complexity index is 1090. The number of carbonyl (C=O) groups excluding carboxylic acids is 1. The van der Waals surface area contributed by atoms with Crippen molar-refractivity contribution in [1.82, 2.24) is 0 Å². The number of rotatable bonds is 7. The van der Waals surface area contributed by atoms with Crippen LogP contribution in [0, 0.1) is 6.92 Å². The van der Waals surface area contributed by atoms with Crippen molar-refractivity contribution in [2.24, 2.45) is 0 Å². The number of halogens is 1. The molecule has 0 saturated heterocycles. The van der Waals surface area contributed by atoms with E-state index < -0.39 is 8.32 Å². The quantitative estimate of drug-likeness (QED) is 0.220. The van der Waals surface area contributed by atoms with Crippen LogP contribution in [0.2, 0.25) is 5.04 Å². The summed E-state index contributed by atoms with van der Waals surface area (Å²) in [5, 5.41) is 6.30. The van der Waals surface area contributed by atoms with Gasteiger partial charge in [-0.2, -0.15) is 0 Å². The van der Waals surface area contributed by atoms with Gasteiger partial charge in [0.05, 0.1) is 18.2 Å². The maximum atomic E-state index is 12.1. The van der Waals surface area contributed by atoms with Gasteiger partial charge in [-0.3, -0.25) is 0 Å². The predicted octanol–water partition coefficient (Wildman–Crippen LogP) is 5.92. The largest absolute Gasteiger partial charge is 0.465 e. The van der Waals surface area contributed by atoms with Gasteiger partial charge in [-0.25, -0.2) is 4.79 Å². The molecule has 0 amide bonds. The van der Waals surface area contributed by atoms with Crippen molar-refractivity contribution in [3.8, 4) is 0 Å². The minimum atomic E-state index is -2.68. The Kier molecular flexibility index (Phi) is 8.29. The Labute approximate surface area is 214 Å². The van der Waals surface area contributed by atoms with Gasteiger partial charge in [0, 0.05) is 0 Å². The first-order chi connectivity index (χ1) is 15.6. The molecule has 0 atom stereocenters. The van der Waals surface area contributed by atoms with Crippen molar-refractivity contribution in [2.45, 2.75) is 32.7 Å². The molecule has 4 nitrogen and oxygen atoms in total. The molecule has 1 heterocycles. The van der Waals surface area contributed by atoms with E-state index in [1.54, 1.807) is 0 Å². The Morgan fingerprint density at radius 2 is 1.58 bits per heavy atom. The third-order valence-electron chi connectivity index (χ3n) is 5.53. The molecular weight excluding hydrogens is 534 g/mol. The number of ether oxygens (including phenoxy) is 1. The molecule has 2 aromatic carbocycles. The van der Waals surface area contributed by atoms with E-state index in [9.17, 15) is 4.79 Å². The molecule has 0 aliphatic carbocycles. The lowest BCUT2D eigenvalue weighted by Gasteiger charge is -2.43. The molecule has 1 aromatic heterocycles. The standard InChI is InChI=1S/C25H28BrNO3S2Si/c1-17-21(26)23(32-22(17)24(28)29-5)27-20(31)16-30-33(25(2,3)4,18-12-8-6-9-13-18)19-14-10-7-11-15-19/h6-15H,16H2,1-5H3,(H,27,31). The minimum absolute atomic E-state index is 0.135. The number of hydrogen-bond acceptors (Lipinski definition) is 5. The molecule has 3 aromatic rings. The summed E-state index contributed by atoms with van der Waals surface area (Å²) >= 11 is 10.6. The first kappa shape index (κ1) is 25.8. The number of anilines is 1. The fourth-order valence-corrected chi connectivity index (χ4v) is 10.5. The molecule has 33 heavy (non-hydrogen) atoms. The van der Waals surface area contributed by atoms with Crippen molar-refractivity contribution in [2.75, 3.05) is 19.0 Å². The zero-order chi connectivity index (χ0) is 24.2. The lowest BCUT2D eigenvalue weighted by molar-refractivity contribution is 0.0605. The molecular formula is C25H28BrNO3S2Si. The monoisotopic (exact) mass is 561 g/mol. The molecule has 3 rings (SSSR count). The van der Waals surface area contributed by atoms with Crippen LogP contribution in [0.3, 0.4) is 0 Å². The van der Waals surface area contributed by atoms with Gasteiger partial charge >= 0.3 is 5.97 Å². The first-order valence-corrected chi connectivity index (χ1v) is 14.5. The molecule has 0 unspecified atom stereocenters. The summed E-state index contributed by atoms with van der Waals surface area (Å²) in [6, 6.07) is 20.9. The molecule has 174 valence electrons. The molecule has 0 aliphatic heterocycles. The fourth-order valence-electron chi connectivity index (χ4n) is 3.96. The molecule has 0 spiro atoms. The first-order valence-electron chi connectivity index (χ1n) is 10.5. The van der Waals surface area contributed by atoms with Crippen LogP contribution in [0.15, 0.2) is 65.1 Å². The van der Waals surface area contributed by atoms with Gasteiger partial charge in [-0.05, 0) is 43.8 Å². The summed E-state index contributed by atoms with van der Waals surface area (Å²) in [6.45, 7) is 8.84. The van der Waals surface area contributed by atoms with Crippen LogP contribution in [0.4, 0.5) is 5.00 Å². The molecule has 0 radical (unpaired) electrons. The molecule has 0 bridgehead atoms. The topological polar surface area (TPSA) is 47.6 Å². The average molecular weight is 563 g/mol. The summed E-state index contributed by atoms with van der Waals surface area (Å²) in [5.74, 6) is -0.360. The Hall–Kier alpha value is -1.84. The van der Waals surface area contributed by atoms with Crippen LogP contribution in [-0.4, -0.2) is 33.0 Å². The van der Waals surface area contributed by atoms with Gasteiger partial charge in [-0.1, -0.05) is 93.7 Å². The second-order valence-electron chi connectivity index (χ2n) is 8.69. The van der Waals surface area contributed by atoms with Crippen LogP contribution in [0.25, 0.3) is 0 Å². The Morgan fingerprint density at radius 1 is 1.06 bits per heavy atom. The zero-order valence-electron chi connectivity index (χ0n) is 19.4. The molecule has 8 heteroatoms. The van der Waals surface area contributed by atoms with Crippen LogP contribution < -0.4 is 15.7 Å². The normalized spacial score (nSPS) is 11.8. The van der Waals surface area contributed by atoms with Crippen molar-refractivity contribution in [3.05, 3.63) is 75.6 Å². The van der Waals surface area contributed by atoms with E-state index >= 15 is 0 Å². The molecule has 0 fully saturated rings. The molecule has 0 saturated carbocycles. The van der Waals surface area contributed by atoms with Gasteiger partial charge in [0.2, 0.25) is 0 Å². The minimum Gasteiger partial charge on any atom is -0.465 e. The molecule has 1 N–H and O–H groups in total. The lowest BCUT2D eigenvalue weighted by Crippen LogP contribution is -2.67. The van der Waals surface area contributed by atoms with Gasteiger partial charge in [0.15, 0.2) is 0 Å². The van der Waals surface area contributed by atoms with Crippen molar-refractivity contribution in [1.29, 1.82) is 0 Å². The van der Waals surface area contributed by atoms with E-state index in [2.05, 4.69) is 90.5 Å². The number of thiophene rings is 1. The Balaban J connectivity index is 1.93. The van der Waals surface area contributed by atoms with E-state index in [1.807, 2.05) is 19.1 Å². The highest BCUT2D eigenvalue weighted by Crippen LogP contribution is 2.39. The van der Waals surface area contributed by atoms with Gasteiger partial charge in [-0.15, -0.1) is 11.3 Å². The SMILES string of the molecule is COC(=O)c1sc(NC(=S)CO[Si](c2ccccc2)(c2ccccc2)C(C)(C)C)c(Br)c1C. The maximum absolute atomic E-state index is 12.1. The van der Waals surface area contributed by atoms with E-state index in [0.29, 0.717) is 9.87 Å². The van der Waals surface area contributed by atoms with Crippen molar-refractivity contribution in [3.63, 3.8) is 0 Å². The van der Waals surface area contributed by atoms with E-state index in [0.717, 1.165) is 15.0 Å². The van der Waals surface area contributed by atoms with Crippen LogP contribution in [0.1, 0.15) is 36.0 Å². The van der Waals surface area contributed by atoms with E-state index in [-0.39, 0.29) is 17.6 Å². The summed E-state index contributed by atoms with van der Waals surface area (Å²) in [4.78, 5) is 13.2. The second-order valence-corrected chi connectivity index (χ2v) is 15.3. The number of methoxy groups -OCH3 is 1. The summed E-state index contributed by atoms with van der Waals surface area (Å²) < 4.78 is 12.6. The van der Waals surface area contributed by atoms with Crippen LogP contribution in [0.5, 0.6) is 0 Å². The number of thiocarbonyl (C=S) groups is 1. The van der Waals surface area contributed by atoms with Crippen molar-refractivity contribution >= 4 is 74.1 Å². The average Bonchev–Trinajstić information content (AvgIpc) is 3.08. The number of nitrogens with one attached hydrogen (secondary N) is 1. The number of carbonyl (C=O) groups is 1. The summed E-state index contributed by atoms with van der Waals surface area (Å²) in [5.41, 5.74) is 0.824. The van der Waals surface area contributed by atoms with E-state index in [4.69, 9.17) is 21.4 Å². The number of benzene rings is 2. The van der Waals surface area contributed by atoms with Crippen LogP contribution in [-0.2, 0) is 9.16 Å². The van der Waals surface area contributed by atoms with Crippen LogP contribution >= 0.6 is 39.5 Å². The predicted molar refractivity (Wildman–Crippen MR) is 148 cm³/mol. The van der Waals surface area contributed by atoms with E-state index in [1.165, 1.54) is 28.8 Å². The maximum Gasteiger partial charge on any atom is 0.348 e. The highest BCUT2D eigenvalue weighted by atomic mass is 79.9. The third-order valence-corrected chi connectivity index (χ3v) is 13.2. The fraction of sp³-hybridized carbons (Fsp3) is 0.280.